The van der Waals surface area contributed by atoms with Crippen molar-refractivity contribution in [1.82, 2.24) is 10.9 Å². The molecule has 26 heavy (non-hydrogen) atoms. The van der Waals surface area contributed by atoms with Crippen molar-refractivity contribution in [2.75, 3.05) is 26.4 Å². The number of nitrogens with one attached hydrogen (secondary N) is 2. The van der Waals surface area contributed by atoms with Gasteiger partial charge in [0, 0.05) is 6.04 Å². The van der Waals surface area contributed by atoms with Gasteiger partial charge in [-0.05, 0) is 46.5 Å². The van der Waals surface area contributed by atoms with E-state index in [1.165, 1.54) is 6.42 Å². The second-order valence-electron chi connectivity index (χ2n) is 6.28. The van der Waals surface area contributed by atoms with Crippen LogP contribution in [0, 0.1) is 5.92 Å². The van der Waals surface area contributed by atoms with Gasteiger partial charge in [0.05, 0.1) is 26.4 Å². The minimum atomic E-state index is -3.78. The van der Waals surface area contributed by atoms with Gasteiger partial charge in [-0.15, -0.1) is 0 Å². The zero-order valence-corrected chi connectivity index (χ0v) is 18.5. The van der Waals surface area contributed by atoms with Crippen LogP contribution in [0.25, 0.3) is 0 Å². The number of rotatable bonds is 13. The third-order valence-corrected chi connectivity index (χ3v) is 9.97. The molecule has 2 atom stereocenters. The molecule has 0 bridgehead atoms. The van der Waals surface area contributed by atoms with Crippen LogP contribution >= 0.6 is 15.2 Å². The first-order chi connectivity index (χ1) is 12.4. The number of hydrogen-bond donors (Lipinski definition) is 2. The van der Waals surface area contributed by atoms with E-state index in [2.05, 4.69) is 17.8 Å². The molecule has 1 fully saturated rings. The smallest absolute Gasteiger partial charge is 0.307 e. The molecule has 0 aromatic carbocycles. The molecule has 2 unspecified atom stereocenters. The molecule has 8 nitrogen and oxygen atoms in total. The van der Waals surface area contributed by atoms with Gasteiger partial charge in [0.2, 0.25) is 5.52 Å². The minimum Gasteiger partial charge on any atom is -0.307 e. The van der Waals surface area contributed by atoms with E-state index in [0.717, 1.165) is 19.3 Å². The van der Waals surface area contributed by atoms with Crippen LogP contribution in [-0.2, 0) is 27.2 Å². The maximum atomic E-state index is 13.4. The molecule has 0 aromatic heterocycles. The Labute approximate surface area is 158 Å². The molecular weight excluding hydrogens is 378 g/mol. The zero-order chi connectivity index (χ0) is 19.6. The van der Waals surface area contributed by atoms with Crippen molar-refractivity contribution in [1.29, 1.82) is 0 Å². The van der Waals surface area contributed by atoms with Crippen molar-refractivity contribution < 1.29 is 27.2 Å². The number of hydrazine groups is 1. The predicted octanol–water partition coefficient (Wildman–Crippen LogP) is 4.48. The largest absolute Gasteiger partial charge is 0.361 e. The first-order valence-corrected chi connectivity index (χ1v) is 12.9. The summed E-state index contributed by atoms with van der Waals surface area (Å²) in [6, 6.07) is 0.180. The van der Waals surface area contributed by atoms with Crippen LogP contribution < -0.4 is 10.9 Å². The molecule has 0 heterocycles. The summed E-state index contributed by atoms with van der Waals surface area (Å²) in [4.78, 5) is 0. The summed E-state index contributed by atoms with van der Waals surface area (Å²) < 4.78 is 48.5. The lowest BCUT2D eigenvalue weighted by Gasteiger charge is -2.35. The third-order valence-electron chi connectivity index (χ3n) is 4.34. The monoisotopic (exact) mass is 414 g/mol. The van der Waals surface area contributed by atoms with E-state index in [4.69, 9.17) is 18.1 Å². The van der Waals surface area contributed by atoms with Gasteiger partial charge in [0.15, 0.2) is 0 Å². The molecule has 0 aromatic rings. The summed E-state index contributed by atoms with van der Waals surface area (Å²) in [7, 11) is -7.57. The summed E-state index contributed by atoms with van der Waals surface area (Å²) in [5, 5.41) is 0. The molecule has 0 radical (unpaired) electrons. The van der Waals surface area contributed by atoms with Crippen LogP contribution in [0.15, 0.2) is 0 Å². The molecule has 1 rings (SSSR count). The molecule has 0 spiro atoms. The fraction of sp³-hybridized carbons (Fsp3) is 1.00. The van der Waals surface area contributed by atoms with Crippen LogP contribution in [0.3, 0.4) is 0 Å². The lowest BCUT2D eigenvalue weighted by Crippen LogP contribution is -2.50. The van der Waals surface area contributed by atoms with E-state index < -0.39 is 20.7 Å². The molecule has 10 heteroatoms. The van der Waals surface area contributed by atoms with E-state index in [0.29, 0.717) is 5.92 Å². The normalized spacial score (nSPS) is 22.1. The van der Waals surface area contributed by atoms with Crippen molar-refractivity contribution in [3.8, 4) is 0 Å². The van der Waals surface area contributed by atoms with Gasteiger partial charge in [-0.3, -0.25) is 14.6 Å². The van der Waals surface area contributed by atoms with Crippen molar-refractivity contribution >= 4 is 15.2 Å². The molecular formula is C16H36N2O6P2. The molecule has 1 aliphatic rings. The standard InChI is InChI=1S/C16H36N2O6P2/c1-6-21-25(19,22-7-2)16(26(20,23-8-3)24-9-4)18-17-15-13-11-10-12-14(15)5/h14-18H,6-13H2,1-5H3. The SMILES string of the molecule is CCOP(=O)(OCC)C(NNC1CCCCC1C)P(=O)(OCC)OCC. The summed E-state index contributed by atoms with van der Waals surface area (Å²) in [6.07, 6.45) is 4.43. The van der Waals surface area contributed by atoms with E-state index in [-0.39, 0.29) is 32.5 Å². The number of hydrogen-bond acceptors (Lipinski definition) is 8. The molecule has 0 aliphatic heterocycles. The molecule has 0 saturated heterocycles. The van der Waals surface area contributed by atoms with Crippen molar-refractivity contribution in [2.45, 2.75) is 71.9 Å². The Balaban J connectivity index is 3.09. The highest BCUT2D eigenvalue weighted by Gasteiger charge is 2.51. The second-order valence-corrected chi connectivity index (χ2v) is 10.9. The Bertz CT molecular complexity index is 443. The van der Waals surface area contributed by atoms with Crippen LogP contribution in [0.1, 0.15) is 60.3 Å². The summed E-state index contributed by atoms with van der Waals surface area (Å²) in [5.41, 5.74) is 4.93. The van der Waals surface area contributed by atoms with Gasteiger partial charge in [0.1, 0.15) is 0 Å². The lowest BCUT2D eigenvalue weighted by atomic mass is 9.86. The first kappa shape index (κ1) is 24.3. The fourth-order valence-corrected chi connectivity index (χ4v) is 7.92. The van der Waals surface area contributed by atoms with Crippen LogP contribution in [0.5, 0.6) is 0 Å². The van der Waals surface area contributed by atoms with E-state index in [9.17, 15) is 9.13 Å². The van der Waals surface area contributed by atoms with Crippen LogP contribution in [0.4, 0.5) is 0 Å². The van der Waals surface area contributed by atoms with Gasteiger partial charge in [0.25, 0.3) is 0 Å². The second kappa shape index (κ2) is 11.9. The van der Waals surface area contributed by atoms with Gasteiger partial charge >= 0.3 is 15.2 Å². The summed E-state index contributed by atoms with van der Waals surface area (Å²) >= 11 is 0. The van der Waals surface area contributed by atoms with E-state index in [1.54, 1.807) is 27.7 Å². The predicted molar refractivity (Wildman–Crippen MR) is 103 cm³/mol. The van der Waals surface area contributed by atoms with Crippen molar-refractivity contribution in [3.05, 3.63) is 0 Å². The topological polar surface area (TPSA) is 95.1 Å². The molecule has 156 valence electrons. The van der Waals surface area contributed by atoms with Crippen molar-refractivity contribution in [2.24, 2.45) is 5.92 Å². The zero-order valence-electron chi connectivity index (χ0n) is 16.7. The van der Waals surface area contributed by atoms with Crippen molar-refractivity contribution in [3.63, 3.8) is 0 Å². The summed E-state index contributed by atoms with van der Waals surface area (Å²) in [5.74, 6) is 0.453. The minimum absolute atomic E-state index is 0.160. The van der Waals surface area contributed by atoms with E-state index >= 15 is 0 Å². The Morgan fingerprint density at radius 3 is 1.65 bits per heavy atom. The Hall–Kier alpha value is 0.220. The Kier molecular flexibility index (Phi) is 11.1. The fourth-order valence-electron chi connectivity index (χ4n) is 3.12. The van der Waals surface area contributed by atoms with Gasteiger partial charge in [-0.1, -0.05) is 19.8 Å². The Morgan fingerprint density at radius 2 is 1.27 bits per heavy atom. The highest BCUT2D eigenvalue weighted by molar-refractivity contribution is 7.72. The maximum absolute atomic E-state index is 13.4. The molecule has 1 aliphatic carbocycles. The summed E-state index contributed by atoms with van der Waals surface area (Å²) in [6.45, 7) is 9.67. The quantitative estimate of drug-likeness (QED) is 0.337. The van der Waals surface area contributed by atoms with Crippen LogP contribution in [0.2, 0.25) is 0 Å². The first-order valence-electron chi connectivity index (χ1n) is 9.65. The highest BCUT2D eigenvalue weighted by Crippen LogP contribution is 2.69. The van der Waals surface area contributed by atoms with Gasteiger partial charge in [-0.25, -0.2) is 5.43 Å². The molecule has 1 saturated carbocycles. The highest BCUT2D eigenvalue weighted by atomic mass is 31.2. The average molecular weight is 414 g/mol. The van der Waals surface area contributed by atoms with Gasteiger partial charge in [-0.2, -0.15) is 0 Å². The van der Waals surface area contributed by atoms with Crippen LogP contribution in [-0.4, -0.2) is 38.0 Å². The Morgan fingerprint density at radius 1 is 0.846 bits per heavy atom. The third kappa shape index (κ3) is 6.68. The molecule has 0 amide bonds. The lowest BCUT2D eigenvalue weighted by molar-refractivity contribution is 0.179. The van der Waals surface area contributed by atoms with E-state index in [1.807, 2.05) is 0 Å². The average Bonchev–Trinajstić information content (AvgIpc) is 2.57. The van der Waals surface area contributed by atoms with Gasteiger partial charge < -0.3 is 18.1 Å². The maximum Gasteiger partial charge on any atom is 0.361 e. The molecule has 2 N–H and O–H groups in total.